The van der Waals surface area contributed by atoms with E-state index in [2.05, 4.69) is 10.6 Å². The summed E-state index contributed by atoms with van der Waals surface area (Å²) in [4.78, 5) is 61.3. The highest BCUT2D eigenvalue weighted by Gasteiger charge is 2.43. The minimum atomic E-state index is -1.03. The van der Waals surface area contributed by atoms with Gasteiger partial charge < -0.3 is 58.4 Å². The molecule has 17 heteroatoms. The van der Waals surface area contributed by atoms with Crippen LogP contribution in [0.15, 0.2) is 97.1 Å². The Kier molecular flexibility index (Phi) is 30.3. The number of nitrogens with one attached hydrogen (secondary N) is 2. The van der Waals surface area contributed by atoms with Gasteiger partial charge in [0, 0.05) is 58.2 Å². The number of amides is 2. The third kappa shape index (κ3) is 22.9. The lowest BCUT2D eigenvalue weighted by molar-refractivity contribution is -0.247. The minimum Gasteiger partial charge on any atom is -0.497 e. The molecule has 450 valence electrons. The lowest BCUT2D eigenvalue weighted by Gasteiger charge is -2.44. The van der Waals surface area contributed by atoms with Crippen LogP contribution in [0, 0.1) is 11.8 Å². The van der Waals surface area contributed by atoms with Crippen molar-refractivity contribution >= 4 is 35.0 Å². The van der Waals surface area contributed by atoms with Gasteiger partial charge in [0.25, 0.3) is 0 Å². The van der Waals surface area contributed by atoms with E-state index in [1.165, 1.54) is 13.8 Å². The number of ketones is 2. The number of carbonyl (C=O) groups excluding carboxylic acids is 5. The summed E-state index contributed by atoms with van der Waals surface area (Å²) in [6.45, 7) is 9.47. The van der Waals surface area contributed by atoms with E-state index in [4.69, 9.17) is 42.6 Å². The van der Waals surface area contributed by atoms with Crippen LogP contribution in [0.2, 0.25) is 0 Å². The van der Waals surface area contributed by atoms with Crippen molar-refractivity contribution in [1.82, 2.24) is 5.32 Å². The number of unbranched alkanes of at least 4 members (excludes halogenated alkanes) is 6. The molecule has 5 rings (SSSR count). The van der Waals surface area contributed by atoms with Crippen LogP contribution in [0.3, 0.4) is 0 Å². The molecule has 0 radical (unpaired) electrons. The van der Waals surface area contributed by atoms with E-state index in [0.29, 0.717) is 102 Å². The Morgan fingerprint density at radius 3 is 1.62 bits per heavy atom. The third-order valence-corrected chi connectivity index (χ3v) is 14.8. The lowest BCUT2D eigenvalue weighted by atomic mass is 9.80. The quantitative estimate of drug-likeness (QED) is 0.0214. The monoisotopic (exact) mass is 1140 g/mol. The van der Waals surface area contributed by atoms with Crippen molar-refractivity contribution in [1.29, 1.82) is 0 Å². The number of carbonyl (C=O) groups is 5. The molecule has 1 aliphatic rings. The van der Waals surface area contributed by atoms with Gasteiger partial charge in [0.15, 0.2) is 6.29 Å². The number of anilines is 1. The summed E-state index contributed by atoms with van der Waals surface area (Å²) in [6, 6.07) is 30.9. The number of methoxy groups -OCH3 is 2. The summed E-state index contributed by atoms with van der Waals surface area (Å²) in [6.07, 6.45) is 8.76. The zero-order valence-corrected chi connectivity index (χ0v) is 49.3. The van der Waals surface area contributed by atoms with E-state index >= 15 is 0 Å². The summed E-state index contributed by atoms with van der Waals surface area (Å²) in [5.74, 6) is 1.27. The van der Waals surface area contributed by atoms with E-state index in [-0.39, 0.29) is 79.8 Å². The Morgan fingerprint density at radius 1 is 0.573 bits per heavy atom. The topological polar surface area (TPSA) is 213 Å². The number of benzene rings is 4. The summed E-state index contributed by atoms with van der Waals surface area (Å²) < 4.78 is 52.1. The maximum absolute atomic E-state index is 13.2. The fraction of sp³-hybridized carbons (Fsp3) is 0.554. The Labute approximate surface area is 485 Å². The maximum atomic E-state index is 13.2. The van der Waals surface area contributed by atoms with Gasteiger partial charge in [-0.05, 0) is 108 Å². The van der Waals surface area contributed by atoms with Crippen LogP contribution in [0.1, 0.15) is 145 Å². The first kappa shape index (κ1) is 66.7. The van der Waals surface area contributed by atoms with E-state index in [0.717, 1.165) is 72.3 Å². The van der Waals surface area contributed by atoms with Gasteiger partial charge in [-0.2, -0.15) is 0 Å². The second-order valence-electron chi connectivity index (χ2n) is 21.0. The second kappa shape index (κ2) is 37.2. The summed E-state index contributed by atoms with van der Waals surface area (Å²) in [7, 11) is 3.27. The standard InChI is InChI=1S/C65H90N2O15/c1-47-48(2)63(66-49(3)69)64(82-61(47)46-80-50(4)70)79-40-39-78-38-37-77-36-35-76-34-18-24-58(72)23-17-16-22-57(71)21-14-9-7-8-10-15-25-62(73)67-56-42-51(44-68)41-52(43-56)45-81-65(53-19-12-11-13-20-53,54-26-30-59(74-5)31-27-54)55-28-32-60(75-6)33-29-55/h11-13,19-20,26-33,41-43,47-48,61,63-64,68H,7-10,14-18,21-25,34-40,44-46H2,1-6H3,(H,66,69)(H,67,73). The number of hydrogen-bond acceptors (Lipinski definition) is 15. The van der Waals surface area contributed by atoms with Crippen LogP contribution in [0.4, 0.5) is 5.69 Å². The Hall–Kier alpha value is -6.05. The van der Waals surface area contributed by atoms with Crippen LogP contribution in [-0.2, 0) is 75.9 Å². The zero-order chi connectivity index (χ0) is 59.0. The zero-order valence-electron chi connectivity index (χ0n) is 49.3. The lowest BCUT2D eigenvalue weighted by Crippen LogP contribution is -2.58. The second-order valence-corrected chi connectivity index (χ2v) is 21.0. The van der Waals surface area contributed by atoms with Crippen molar-refractivity contribution in [2.75, 3.05) is 72.4 Å². The first-order valence-electron chi connectivity index (χ1n) is 29.2. The van der Waals surface area contributed by atoms with Gasteiger partial charge in [-0.3, -0.25) is 24.0 Å². The van der Waals surface area contributed by atoms with Gasteiger partial charge in [0.05, 0.1) is 79.2 Å². The highest BCUT2D eigenvalue weighted by molar-refractivity contribution is 5.90. The maximum Gasteiger partial charge on any atom is 0.302 e. The largest absolute Gasteiger partial charge is 0.497 e. The molecule has 0 spiro atoms. The van der Waals surface area contributed by atoms with Gasteiger partial charge >= 0.3 is 5.97 Å². The van der Waals surface area contributed by atoms with Gasteiger partial charge in [-0.25, -0.2) is 0 Å². The number of esters is 1. The minimum absolute atomic E-state index is 0.0251. The summed E-state index contributed by atoms with van der Waals surface area (Å²) >= 11 is 0. The van der Waals surface area contributed by atoms with E-state index in [9.17, 15) is 29.1 Å². The van der Waals surface area contributed by atoms with Crippen LogP contribution >= 0.6 is 0 Å². The van der Waals surface area contributed by atoms with Crippen LogP contribution in [0.25, 0.3) is 0 Å². The molecule has 5 atom stereocenters. The fourth-order valence-electron chi connectivity index (χ4n) is 10.1. The highest BCUT2D eigenvalue weighted by Crippen LogP contribution is 2.42. The molecule has 4 aromatic carbocycles. The van der Waals surface area contributed by atoms with Crippen LogP contribution in [0.5, 0.6) is 11.5 Å². The van der Waals surface area contributed by atoms with E-state index in [1.807, 2.05) is 105 Å². The molecule has 1 fully saturated rings. The molecule has 82 heavy (non-hydrogen) atoms. The van der Waals surface area contributed by atoms with Crippen LogP contribution < -0.4 is 20.1 Å². The van der Waals surface area contributed by atoms with Crippen molar-refractivity contribution in [3.8, 4) is 11.5 Å². The molecular weight excluding hydrogens is 1050 g/mol. The van der Waals surface area contributed by atoms with E-state index < -0.39 is 11.9 Å². The van der Waals surface area contributed by atoms with Gasteiger partial charge in [-0.15, -0.1) is 0 Å². The molecule has 3 N–H and O–H groups in total. The molecule has 1 aliphatic heterocycles. The molecule has 0 aromatic heterocycles. The highest BCUT2D eigenvalue weighted by atomic mass is 16.7. The summed E-state index contributed by atoms with van der Waals surface area (Å²) in [5.41, 5.74) is 3.73. The molecule has 2 amide bonds. The third-order valence-electron chi connectivity index (χ3n) is 14.8. The predicted molar refractivity (Wildman–Crippen MR) is 312 cm³/mol. The Bertz CT molecular complexity index is 2460. The van der Waals surface area contributed by atoms with Crippen molar-refractivity contribution in [3.63, 3.8) is 0 Å². The number of hydrogen-bond donors (Lipinski definition) is 3. The molecule has 17 nitrogen and oxygen atoms in total. The Balaban J connectivity index is 0.870. The SMILES string of the molecule is COc1ccc(C(OCc2cc(CO)cc(NC(=O)CCCCCCCCC(=O)CCCCC(=O)CCCOCCOCCOCCOC3OC(COC(C)=O)C(C)C(C)C3NC(C)=O)c2)(c2ccccc2)c2ccc(OC)cc2)cc1. The van der Waals surface area contributed by atoms with Gasteiger partial charge in [0.2, 0.25) is 11.8 Å². The molecule has 4 aromatic rings. The molecule has 5 unspecified atom stereocenters. The number of aliphatic hydroxyl groups is 1. The first-order chi connectivity index (χ1) is 39.8. The molecule has 1 saturated heterocycles. The average Bonchev–Trinajstić information content (AvgIpc) is 2.46. The van der Waals surface area contributed by atoms with Crippen LogP contribution in [-0.4, -0.2) is 120 Å². The van der Waals surface area contributed by atoms with Crippen molar-refractivity contribution in [2.24, 2.45) is 11.8 Å². The van der Waals surface area contributed by atoms with Gasteiger partial charge in [-0.1, -0.05) is 100 Å². The average molecular weight is 1140 g/mol. The van der Waals surface area contributed by atoms with E-state index in [1.54, 1.807) is 20.3 Å². The van der Waals surface area contributed by atoms with Crippen molar-refractivity contribution in [2.45, 2.75) is 155 Å². The van der Waals surface area contributed by atoms with Crippen molar-refractivity contribution < 1.29 is 71.7 Å². The first-order valence-corrected chi connectivity index (χ1v) is 29.2. The molecule has 1 heterocycles. The molecule has 0 saturated carbocycles. The molecular formula is C65H90N2O15. The summed E-state index contributed by atoms with van der Waals surface area (Å²) in [5, 5.41) is 16.2. The number of ether oxygens (including phenoxy) is 9. The smallest absolute Gasteiger partial charge is 0.302 e. The fourth-order valence-corrected chi connectivity index (χ4v) is 10.1. The number of rotatable bonds is 41. The van der Waals surface area contributed by atoms with Crippen molar-refractivity contribution in [3.05, 3.63) is 125 Å². The normalized spacial score (nSPS) is 17.0. The number of aliphatic hydroxyl groups excluding tert-OH is 1. The Morgan fingerprint density at radius 2 is 1.07 bits per heavy atom. The molecule has 0 bridgehead atoms. The predicted octanol–water partition coefficient (Wildman–Crippen LogP) is 10.4. The molecule has 0 aliphatic carbocycles. The number of Topliss-reactive ketones (excluding diaryl/α,β-unsaturated/α-hetero) is 2. The van der Waals surface area contributed by atoms with Gasteiger partial charge in [0.1, 0.15) is 35.3 Å².